The number of benzene rings is 1. The molecule has 7 heavy (non-hydrogen) atoms. The molecule has 0 saturated carbocycles. The molecule has 0 bridgehead atoms. The minimum absolute atomic E-state index is 0. The fraction of sp³-hybridized carbons (Fsp3) is 0. The van der Waals surface area contributed by atoms with Gasteiger partial charge in [-0.05, 0) is 0 Å². The molecule has 1 aromatic rings. The van der Waals surface area contributed by atoms with Crippen LogP contribution >= 0.6 is 0 Å². The van der Waals surface area contributed by atoms with Crippen molar-refractivity contribution in [1.29, 1.82) is 0 Å². The molecule has 34 valence electrons. The van der Waals surface area contributed by atoms with Crippen molar-refractivity contribution < 1.29 is 2.85 Å². The van der Waals surface area contributed by atoms with Crippen LogP contribution in [0.15, 0.2) is 36.4 Å². The van der Waals surface area contributed by atoms with E-state index in [1.165, 1.54) is 0 Å². The topological polar surface area (TPSA) is 0 Å². The zero-order chi connectivity index (χ0) is 4.24. The van der Waals surface area contributed by atoms with Crippen molar-refractivity contribution in [2.75, 3.05) is 0 Å². The monoisotopic (exact) mass is 104 g/mol. The smallest absolute Gasteiger partial charge is 1.00 e. The first-order valence-electron chi connectivity index (χ1n) is 2.00. The van der Waals surface area contributed by atoms with Crippen molar-refractivity contribution >= 4 is 23.1 Å². The first-order valence-corrected chi connectivity index (χ1v) is 2.00. The van der Waals surface area contributed by atoms with Crippen molar-refractivity contribution in [2.24, 2.45) is 0 Å². The quantitative estimate of drug-likeness (QED) is 0.438. The van der Waals surface area contributed by atoms with E-state index in [1.54, 1.807) is 0 Å². The third-order valence-corrected chi connectivity index (χ3v) is 0.667. The Morgan fingerprint density at radius 3 is 0.857 bits per heavy atom. The molecule has 0 heterocycles. The summed E-state index contributed by atoms with van der Waals surface area (Å²) in [5.41, 5.74) is 0. The Morgan fingerprint density at radius 2 is 0.714 bits per heavy atom. The molecule has 0 aliphatic heterocycles. The van der Waals surface area contributed by atoms with Gasteiger partial charge in [-0.3, -0.25) is 0 Å². The van der Waals surface area contributed by atoms with Gasteiger partial charge >= 0.3 is 23.1 Å². The van der Waals surface area contributed by atoms with Crippen molar-refractivity contribution in [3.63, 3.8) is 0 Å². The molecule has 0 aliphatic rings. The molecule has 0 N–H and O–H groups in total. The maximum absolute atomic E-state index is 2.00. The van der Waals surface area contributed by atoms with Crippen LogP contribution in [-0.2, 0) is 0 Å². The van der Waals surface area contributed by atoms with Gasteiger partial charge in [0.2, 0.25) is 0 Å². The fourth-order valence-corrected chi connectivity index (χ4v) is 0.385. The summed E-state index contributed by atoms with van der Waals surface area (Å²) >= 11 is 0. The summed E-state index contributed by atoms with van der Waals surface area (Å²) in [5, 5.41) is 0. The first-order chi connectivity index (χ1) is 3.00. The summed E-state index contributed by atoms with van der Waals surface area (Å²) in [6.07, 6.45) is 0. The Balaban J connectivity index is -0.000000120. The predicted octanol–water partition coefficient (Wildman–Crippen LogP) is 1.53. The minimum atomic E-state index is 0. The molecule has 0 spiro atoms. The third-order valence-electron chi connectivity index (χ3n) is 0.667. The van der Waals surface area contributed by atoms with E-state index in [-0.39, 0.29) is 25.9 Å². The van der Waals surface area contributed by atoms with Gasteiger partial charge in [0.25, 0.3) is 0 Å². The van der Waals surface area contributed by atoms with Gasteiger partial charge in [-0.2, -0.15) is 0 Å². The number of rotatable bonds is 0. The standard InChI is InChI=1S/C6H6.Mg.2H/c1-2-4-6-5-3-1;;;/h1-6H;;;/q;+2;2*-1. The zero-order valence-corrected chi connectivity index (χ0v) is 5.59. The van der Waals surface area contributed by atoms with E-state index in [2.05, 4.69) is 0 Å². The van der Waals surface area contributed by atoms with Gasteiger partial charge in [0.1, 0.15) is 0 Å². The summed E-state index contributed by atoms with van der Waals surface area (Å²) in [6, 6.07) is 12.0. The van der Waals surface area contributed by atoms with E-state index < -0.39 is 0 Å². The Labute approximate surface area is 62.7 Å². The molecule has 0 unspecified atom stereocenters. The van der Waals surface area contributed by atoms with Crippen molar-refractivity contribution in [1.82, 2.24) is 0 Å². The van der Waals surface area contributed by atoms with Gasteiger partial charge < -0.3 is 2.85 Å². The second-order valence-corrected chi connectivity index (χ2v) is 1.15. The molecule has 0 atom stereocenters. The van der Waals surface area contributed by atoms with Crippen LogP contribution in [0.5, 0.6) is 0 Å². The van der Waals surface area contributed by atoms with Crippen molar-refractivity contribution in [3.8, 4) is 0 Å². The SMILES string of the molecule is [H-].[H-].[Mg+2].c1ccccc1. The van der Waals surface area contributed by atoms with Gasteiger partial charge in [-0.15, -0.1) is 0 Å². The van der Waals surface area contributed by atoms with E-state index >= 15 is 0 Å². The summed E-state index contributed by atoms with van der Waals surface area (Å²) < 4.78 is 0. The Kier molecular flexibility index (Phi) is 4.15. The Bertz CT molecular complexity index is 83.0. The van der Waals surface area contributed by atoms with Crippen LogP contribution in [0.2, 0.25) is 0 Å². The molecule has 0 fully saturated rings. The van der Waals surface area contributed by atoms with Gasteiger partial charge in [-0.25, -0.2) is 0 Å². The van der Waals surface area contributed by atoms with Crippen molar-refractivity contribution in [3.05, 3.63) is 36.4 Å². The number of hydrogen-bond donors (Lipinski definition) is 0. The van der Waals surface area contributed by atoms with Gasteiger partial charge in [0, 0.05) is 0 Å². The molecule has 0 nitrogen and oxygen atoms in total. The largest absolute Gasteiger partial charge is 2.00 e. The van der Waals surface area contributed by atoms with Crippen LogP contribution < -0.4 is 0 Å². The van der Waals surface area contributed by atoms with Crippen molar-refractivity contribution in [2.45, 2.75) is 0 Å². The number of hydrogen-bond acceptors (Lipinski definition) is 0. The summed E-state index contributed by atoms with van der Waals surface area (Å²) in [7, 11) is 0. The molecule has 0 amide bonds. The summed E-state index contributed by atoms with van der Waals surface area (Å²) in [4.78, 5) is 0. The molecule has 0 radical (unpaired) electrons. The molecule has 1 aromatic carbocycles. The van der Waals surface area contributed by atoms with E-state index in [4.69, 9.17) is 0 Å². The van der Waals surface area contributed by atoms with Crippen LogP contribution in [0.3, 0.4) is 0 Å². The molecule has 1 rings (SSSR count). The molecular formula is C6H8Mg. The third kappa shape index (κ3) is 2.65. The van der Waals surface area contributed by atoms with Gasteiger partial charge in [0.15, 0.2) is 0 Å². The van der Waals surface area contributed by atoms with Crippen LogP contribution in [0, 0.1) is 0 Å². The van der Waals surface area contributed by atoms with E-state index in [0.717, 1.165) is 0 Å². The van der Waals surface area contributed by atoms with Gasteiger partial charge in [-0.1, -0.05) is 36.4 Å². The average molecular weight is 104 g/mol. The maximum Gasteiger partial charge on any atom is 2.00 e. The minimum Gasteiger partial charge on any atom is -1.00 e. The summed E-state index contributed by atoms with van der Waals surface area (Å²) in [6.45, 7) is 0. The van der Waals surface area contributed by atoms with Crippen LogP contribution in [0.1, 0.15) is 2.85 Å². The predicted molar refractivity (Wildman–Crippen MR) is 34.4 cm³/mol. The molecule has 1 heteroatoms. The molecule has 0 saturated heterocycles. The summed E-state index contributed by atoms with van der Waals surface area (Å²) in [5.74, 6) is 0. The Morgan fingerprint density at radius 1 is 0.571 bits per heavy atom. The normalized spacial score (nSPS) is 6.86. The van der Waals surface area contributed by atoms with E-state index in [9.17, 15) is 0 Å². The van der Waals surface area contributed by atoms with Crippen LogP contribution in [0.4, 0.5) is 0 Å². The maximum atomic E-state index is 2.00. The second kappa shape index (κ2) is 4.15. The average Bonchev–Trinajstić information content (AvgIpc) is 1.72. The van der Waals surface area contributed by atoms with E-state index in [1.807, 2.05) is 36.4 Å². The zero-order valence-electron chi connectivity index (χ0n) is 6.17. The van der Waals surface area contributed by atoms with E-state index in [0.29, 0.717) is 0 Å². The molecule has 0 aliphatic carbocycles. The first kappa shape index (κ1) is 6.99. The Hall–Kier alpha value is -0.0138. The van der Waals surface area contributed by atoms with Crippen LogP contribution in [-0.4, -0.2) is 23.1 Å². The van der Waals surface area contributed by atoms with Crippen LogP contribution in [0.25, 0.3) is 0 Å². The fourth-order valence-electron chi connectivity index (χ4n) is 0.385. The second-order valence-electron chi connectivity index (χ2n) is 1.15. The molecule has 0 aromatic heterocycles. The molecular weight excluding hydrogens is 96.4 g/mol. The van der Waals surface area contributed by atoms with Gasteiger partial charge in [0.05, 0.1) is 0 Å².